The minimum atomic E-state index is -3.59. The Morgan fingerprint density at radius 1 is 1.08 bits per heavy atom. The van der Waals surface area contributed by atoms with Crippen molar-refractivity contribution >= 4 is 22.0 Å². The Morgan fingerprint density at radius 3 is 2.12 bits per heavy atom. The van der Waals surface area contributed by atoms with Crippen LogP contribution in [0.2, 0.25) is 0 Å². The molecule has 0 unspecified atom stereocenters. The molecule has 2 saturated heterocycles. The number of hydrogen-bond donors (Lipinski definition) is 1. The molecule has 8 heteroatoms. The fourth-order valence-corrected chi connectivity index (χ4v) is 4.86. The van der Waals surface area contributed by atoms with Crippen LogP contribution in [0.5, 0.6) is 0 Å². The van der Waals surface area contributed by atoms with Gasteiger partial charge in [0.1, 0.15) is 5.54 Å². The summed E-state index contributed by atoms with van der Waals surface area (Å²) in [6.45, 7) is 5.87. The van der Waals surface area contributed by atoms with E-state index in [0.717, 1.165) is 5.56 Å². The molecule has 1 aromatic carbocycles. The van der Waals surface area contributed by atoms with E-state index in [-0.39, 0.29) is 42.8 Å². The third-order valence-corrected chi connectivity index (χ3v) is 6.86. The number of piperidine rings is 1. The van der Waals surface area contributed by atoms with Gasteiger partial charge in [0.15, 0.2) is 0 Å². The Morgan fingerprint density at radius 2 is 1.64 bits per heavy atom. The lowest BCUT2D eigenvalue weighted by atomic mass is 9.88. The number of hydrogen-bond acceptors (Lipinski definition) is 4. The first-order valence-corrected chi connectivity index (χ1v) is 9.84. The number of rotatable bonds is 3. The van der Waals surface area contributed by atoms with E-state index in [0.29, 0.717) is 0 Å². The van der Waals surface area contributed by atoms with Gasteiger partial charge in [-0.05, 0) is 45.7 Å². The summed E-state index contributed by atoms with van der Waals surface area (Å²) < 4.78 is 26.9. The number of aryl methyl sites for hydroxylation is 1. The quantitative estimate of drug-likeness (QED) is 0.822. The molecule has 0 aromatic heterocycles. The number of amides is 3. The smallest absolute Gasteiger partial charge is 0.323 e. The summed E-state index contributed by atoms with van der Waals surface area (Å²) in [5, 5.41) is 2.79. The second kappa shape index (κ2) is 6.10. The van der Waals surface area contributed by atoms with Gasteiger partial charge in [-0.15, -0.1) is 0 Å². The zero-order chi connectivity index (χ0) is 18.4. The monoisotopic (exact) mass is 365 g/mol. The van der Waals surface area contributed by atoms with Gasteiger partial charge in [0, 0.05) is 19.1 Å². The van der Waals surface area contributed by atoms with Gasteiger partial charge in [-0.3, -0.25) is 9.69 Å². The van der Waals surface area contributed by atoms with Crippen molar-refractivity contribution < 1.29 is 18.0 Å². The third kappa shape index (κ3) is 2.93. The lowest BCUT2D eigenvalue weighted by molar-refractivity contribution is -0.133. The Labute approximate surface area is 148 Å². The normalized spacial score (nSPS) is 21.2. The molecule has 2 heterocycles. The minimum Gasteiger partial charge on any atom is -0.323 e. The largest absolute Gasteiger partial charge is 0.325 e. The number of benzene rings is 1. The highest BCUT2D eigenvalue weighted by atomic mass is 32.2. The van der Waals surface area contributed by atoms with Crippen LogP contribution in [0.15, 0.2) is 29.2 Å². The molecule has 7 nitrogen and oxygen atoms in total. The Bertz CT molecular complexity index is 794. The molecule has 0 saturated carbocycles. The second-order valence-corrected chi connectivity index (χ2v) is 8.94. The minimum absolute atomic E-state index is 0.203. The average Bonchev–Trinajstić information content (AvgIpc) is 2.78. The molecule has 0 atom stereocenters. The molecule has 3 rings (SSSR count). The number of sulfonamides is 1. The third-order valence-electron chi connectivity index (χ3n) is 4.94. The first-order chi connectivity index (χ1) is 11.7. The lowest BCUT2D eigenvalue weighted by Crippen LogP contribution is -2.56. The summed E-state index contributed by atoms with van der Waals surface area (Å²) in [5.74, 6) is -0.250. The van der Waals surface area contributed by atoms with E-state index < -0.39 is 21.6 Å². The van der Waals surface area contributed by atoms with Crippen molar-refractivity contribution in [3.8, 4) is 0 Å². The summed E-state index contributed by atoms with van der Waals surface area (Å²) in [6, 6.07) is 6.10. The summed E-state index contributed by atoms with van der Waals surface area (Å²) in [6.07, 6.45) is 0.567. The molecule has 0 aliphatic carbocycles. The Hall–Kier alpha value is -1.93. The highest BCUT2D eigenvalue weighted by molar-refractivity contribution is 7.89. The van der Waals surface area contributed by atoms with Crippen LogP contribution in [0.1, 0.15) is 32.3 Å². The highest BCUT2D eigenvalue weighted by Crippen LogP contribution is 2.32. The number of nitrogens with zero attached hydrogens (tertiary/aromatic N) is 2. The maximum Gasteiger partial charge on any atom is 0.325 e. The van der Waals surface area contributed by atoms with Gasteiger partial charge in [-0.2, -0.15) is 4.31 Å². The first-order valence-electron chi connectivity index (χ1n) is 8.40. The fraction of sp³-hybridized carbons (Fsp3) is 0.529. The van der Waals surface area contributed by atoms with Gasteiger partial charge in [0.2, 0.25) is 10.0 Å². The van der Waals surface area contributed by atoms with E-state index in [2.05, 4.69) is 5.32 Å². The van der Waals surface area contributed by atoms with Crippen molar-refractivity contribution in [3.05, 3.63) is 29.8 Å². The first kappa shape index (κ1) is 17.9. The zero-order valence-corrected chi connectivity index (χ0v) is 15.5. The predicted molar refractivity (Wildman–Crippen MR) is 92.4 cm³/mol. The van der Waals surface area contributed by atoms with Crippen LogP contribution in [0.3, 0.4) is 0 Å². The van der Waals surface area contributed by atoms with Crippen molar-refractivity contribution in [2.24, 2.45) is 0 Å². The van der Waals surface area contributed by atoms with E-state index in [9.17, 15) is 18.0 Å². The van der Waals surface area contributed by atoms with Crippen LogP contribution in [-0.2, 0) is 14.8 Å². The highest BCUT2D eigenvalue weighted by Gasteiger charge is 2.53. The van der Waals surface area contributed by atoms with Crippen molar-refractivity contribution in [2.75, 3.05) is 13.1 Å². The van der Waals surface area contributed by atoms with Crippen LogP contribution in [0.25, 0.3) is 0 Å². The molecule has 25 heavy (non-hydrogen) atoms. The zero-order valence-electron chi connectivity index (χ0n) is 14.7. The van der Waals surface area contributed by atoms with Gasteiger partial charge in [0.25, 0.3) is 5.91 Å². The number of carbonyl (C=O) groups is 2. The maximum absolute atomic E-state index is 12.8. The van der Waals surface area contributed by atoms with E-state index in [4.69, 9.17) is 0 Å². The SMILES string of the molecule is Cc1ccc(S(=O)(=O)N2CCC3(CC2)NC(=O)N(C(C)C)C3=O)cc1. The van der Waals surface area contributed by atoms with Gasteiger partial charge in [0.05, 0.1) is 4.90 Å². The summed E-state index contributed by atoms with van der Waals surface area (Å²) >= 11 is 0. The van der Waals surface area contributed by atoms with Crippen LogP contribution in [0, 0.1) is 6.92 Å². The topological polar surface area (TPSA) is 86.8 Å². The van der Waals surface area contributed by atoms with Crippen LogP contribution in [0.4, 0.5) is 4.79 Å². The van der Waals surface area contributed by atoms with Gasteiger partial charge >= 0.3 is 6.03 Å². The molecular formula is C17H23N3O4S. The number of carbonyl (C=O) groups excluding carboxylic acids is 2. The number of imide groups is 1. The van der Waals surface area contributed by atoms with Gasteiger partial charge in [-0.1, -0.05) is 17.7 Å². The average molecular weight is 365 g/mol. The lowest BCUT2D eigenvalue weighted by Gasteiger charge is -2.36. The van der Waals surface area contributed by atoms with E-state index in [1.165, 1.54) is 9.21 Å². The van der Waals surface area contributed by atoms with E-state index in [1.807, 2.05) is 6.92 Å². The second-order valence-electron chi connectivity index (χ2n) is 7.00. The molecule has 2 aliphatic heterocycles. The molecule has 1 N–H and O–H groups in total. The predicted octanol–water partition coefficient (Wildman–Crippen LogP) is 1.48. The Kier molecular flexibility index (Phi) is 4.36. The van der Waals surface area contributed by atoms with Crippen molar-refractivity contribution in [2.45, 2.75) is 50.1 Å². The Balaban J connectivity index is 1.77. The molecule has 3 amide bonds. The molecular weight excluding hydrogens is 342 g/mol. The van der Waals surface area contributed by atoms with Gasteiger partial charge in [-0.25, -0.2) is 13.2 Å². The molecule has 0 radical (unpaired) electrons. The molecule has 1 spiro atoms. The molecule has 136 valence electrons. The van der Waals surface area contributed by atoms with E-state index in [1.54, 1.807) is 38.1 Å². The molecule has 1 aromatic rings. The summed E-state index contributed by atoms with van der Waals surface area (Å²) in [4.78, 5) is 26.2. The fourth-order valence-electron chi connectivity index (χ4n) is 3.42. The van der Waals surface area contributed by atoms with Crippen molar-refractivity contribution in [1.29, 1.82) is 0 Å². The maximum atomic E-state index is 12.8. The standard InChI is InChI=1S/C17H23N3O4S/c1-12(2)20-15(21)17(18-16(20)22)8-10-19(11-9-17)25(23,24)14-6-4-13(3)5-7-14/h4-7,12H,8-11H2,1-3H3,(H,18,22). The van der Waals surface area contributed by atoms with Crippen molar-refractivity contribution in [3.63, 3.8) is 0 Å². The number of nitrogens with one attached hydrogen (secondary N) is 1. The van der Waals surface area contributed by atoms with Crippen LogP contribution < -0.4 is 5.32 Å². The van der Waals surface area contributed by atoms with Gasteiger partial charge < -0.3 is 5.32 Å². The van der Waals surface area contributed by atoms with E-state index >= 15 is 0 Å². The molecule has 0 bridgehead atoms. The molecule has 2 fully saturated rings. The van der Waals surface area contributed by atoms with Crippen molar-refractivity contribution in [1.82, 2.24) is 14.5 Å². The summed E-state index contributed by atoms with van der Waals surface area (Å²) in [7, 11) is -3.59. The van der Waals surface area contributed by atoms with Crippen LogP contribution >= 0.6 is 0 Å². The summed E-state index contributed by atoms with van der Waals surface area (Å²) in [5.41, 5.74) is 0.0188. The number of urea groups is 1. The molecule has 2 aliphatic rings. The van der Waals surface area contributed by atoms with Crippen LogP contribution in [-0.4, -0.2) is 54.2 Å².